The molecule has 0 aliphatic heterocycles. The third-order valence-corrected chi connectivity index (χ3v) is 4.67. The zero-order valence-electron chi connectivity index (χ0n) is 13.2. The molecule has 0 radical (unpaired) electrons. The van der Waals surface area contributed by atoms with Crippen LogP contribution in [-0.4, -0.2) is 21.5 Å². The van der Waals surface area contributed by atoms with E-state index >= 15 is 0 Å². The summed E-state index contributed by atoms with van der Waals surface area (Å²) in [6.07, 6.45) is -4.73. The summed E-state index contributed by atoms with van der Waals surface area (Å²) >= 11 is 0. The molecule has 0 unspecified atom stereocenters. The second-order valence-corrected chi connectivity index (χ2v) is 6.67. The minimum Gasteiger partial charge on any atom is -0.465 e. The van der Waals surface area contributed by atoms with Crippen molar-refractivity contribution in [2.75, 3.05) is 11.8 Å². The molecule has 0 aromatic heterocycles. The van der Waals surface area contributed by atoms with Crippen LogP contribution in [0, 0.1) is 11.3 Å². The van der Waals surface area contributed by atoms with E-state index in [4.69, 9.17) is 5.26 Å². The molecule has 2 aromatic carbocycles. The minimum absolute atomic E-state index is 0.207. The van der Waals surface area contributed by atoms with E-state index in [1.807, 2.05) is 10.8 Å². The molecule has 0 aliphatic carbocycles. The molecular formula is C16H11F3N2O4S. The van der Waals surface area contributed by atoms with Crippen molar-refractivity contribution in [3.63, 3.8) is 0 Å². The Kier molecular flexibility index (Phi) is 5.22. The Morgan fingerprint density at radius 1 is 1.15 bits per heavy atom. The highest BCUT2D eigenvalue weighted by atomic mass is 32.2. The van der Waals surface area contributed by atoms with Gasteiger partial charge in [-0.15, -0.1) is 0 Å². The van der Waals surface area contributed by atoms with Gasteiger partial charge in [0.05, 0.1) is 40.5 Å². The van der Waals surface area contributed by atoms with Crippen molar-refractivity contribution in [3.8, 4) is 6.07 Å². The normalized spacial score (nSPS) is 11.5. The zero-order chi connectivity index (χ0) is 19.5. The van der Waals surface area contributed by atoms with Crippen LogP contribution in [0.3, 0.4) is 0 Å². The summed E-state index contributed by atoms with van der Waals surface area (Å²) in [5, 5.41) is 8.72. The molecule has 0 amide bonds. The monoisotopic (exact) mass is 384 g/mol. The fourth-order valence-corrected chi connectivity index (χ4v) is 3.08. The summed E-state index contributed by atoms with van der Waals surface area (Å²) in [5.74, 6) is -1.00. The van der Waals surface area contributed by atoms with E-state index in [0.717, 1.165) is 25.3 Å². The first-order valence-electron chi connectivity index (χ1n) is 6.91. The number of hydrogen-bond donors (Lipinski definition) is 1. The third kappa shape index (κ3) is 4.12. The molecule has 0 fully saturated rings. The summed E-state index contributed by atoms with van der Waals surface area (Å²) in [6.45, 7) is 0. The van der Waals surface area contributed by atoms with Gasteiger partial charge in [-0.25, -0.2) is 13.2 Å². The summed E-state index contributed by atoms with van der Waals surface area (Å²) < 4.78 is 69.9. The molecule has 1 N–H and O–H groups in total. The Bertz CT molecular complexity index is 978. The predicted octanol–water partition coefficient (Wildman–Crippen LogP) is 3.16. The molecule has 0 bridgehead atoms. The van der Waals surface area contributed by atoms with Gasteiger partial charge in [-0.3, -0.25) is 4.72 Å². The zero-order valence-corrected chi connectivity index (χ0v) is 14.0. The van der Waals surface area contributed by atoms with Crippen molar-refractivity contribution in [1.82, 2.24) is 0 Å². The Labute approximate surface area is 146 Å². The highest BCUT2D eigenvalue weighted by molar-refractivity contribution is 7.92. The standard InChI is InChI=1S/C16H11F3N2O4S/c1-25-15(22)13-7-4-11(16(17,18)19)8-14(13)21-26(23,24)12-5-2-10(9-20)3-6-12/h2-8,21H,1H3. The third-order valence-electron chi connectivity index (χ3n) is 3.29. The summed E-state index contributed by atoms with van der Waals surface area (Å²) in [7, 11) is -3.29. The molecule has 0 atom stereocenters. The maximum Gasteiger partial charge on any atom is 0.416 e. The fraction of sp³-hybridized carbons (Fsp3) is 0.125. The Hall–Kier alpha value is -3.06. The van der Waals surface area contributed by atoms with E-state index in [-0.39, 0.29) is 16.0 Å². The van der Waals surface area contributed by atoms with Crippen LogP contribution < -0.4 is 4.72 Å². The summed E-state index contributed by atoms with van der Waals surface area (Å²) in [5.41, 5.74) is -1.88. The minimum atomic E-state index is -4.73. The number of benzene rings is 2. The van der Waals surface area contributed by atoms with E-state index in [9.17, 15) is 26.4 Å². The molecule has 136 valence electrons. The topological polar surface area (TPSA) is 96.3 Å². The average Bonchev–Trinajstić information content (AvgIpc) is 2.60. The smallest absolute Gasteiger partial charge is 0.416 e. The van der Waals surface area contributed by atoms with Crippen molar-refractivity contribution in [3.05, 3.63) is 59.2 Å². The molecule has 0 spiro atoms. The number of carbonyl (C=O) groups excluding carboxylic acids is 1. The number of ether oxygens (including phenoxy) is 1. The van der Waals surface area contributed by atoms with Gasteiger partial charge in [-0.05, 0) is 42.5 Å². The number of rotatable bonds is 4. The number of nitrogens with one attached hydrogen (secondary N) is 1. The number of nitriles is 1. The lowest BCUT2D eigenvalue weighted by Crippen LogP contribution is -2.17. The van der Waals surface area contributed by atoms with Gasteiger partial charge >= 0.3 is 12.1 Å². The second kappa shape index (κ2) is 7.05. The number of methoxy groups -OCH3 is 1. The fourth-order valence-electron chi connectivity index (χ4n) is 2.01. The predicted molar refractivity (Wildman–Crippen MR) is 84.7 cm³/mol. The molecule has 0 heterocycles. The van der Waals surface area contributed by atoms with Gasteiger partial charge in [0, 0.05) is 0 Å². The highest BCUT2D eigenvalue weighted by Crippen LogP contribution is 2.33. The molecular weight excluding hydrogens is 373 g/mol. The number of anilines is 1. The molecule has 26 heavy (non-hydrogen) atoms. The molecule has 0 saturated heterocycles. The van der Waals surface area contributed by atoms with E-state index in [0.29, 0.717) is 12.1 Å². The molecule has 10 heteroatoms. The van der Waals surface area contributed by atoms with Crippen molar-refractivity contribution in [2.45, 2.75) is 11.1 Å². The van der Waals surface area contributed by atoms with E-state index in [1.54, 1.807) is 0 Å². The Morgan fingerprint density at radius 3 is 2.27 bits per heavy atom. The number of halogens is 3. The van der Waals surface area contributed by atoms with Gasteiger partial charge in [0.25, 0.3) is 10.0 Å². The van der Waals surface area contributed by atoms with Crippen LogP contribution in [0.1, 0.15) is 21.5 Å². The first-order chi connectivity index (χ1) is 12.1. The van der Waals surface area contributed by atoms with Crippen molar-refractivity contribution in [1.29, 1.82) is 5.26 Å². The summed E-state index contributed by atoms with van der Waals surface area (Å²) in [4.78, 5) is 11.4. The average molecular weight is 384 g/mol. The SMILES string of the molecule is COC(=O)c1ccc(C(F)(F)F)cc1NS(=O)(=O)c1ccc(C#N)cc1. The highest BCUT2D eigenvalue weighted by Gasteiger charge is 2.32. The van der Waals surface area contributed by atoms with Gasteiger partial charge in [-0.1, -0.05) is 0 Å². The number of carbonyl (C=O) groups is 1. The van der Waals surface area contributed by atoms with Crippen LogP contribution in [0.15, 0.2) is 47.4 Å². The maximum atomic E-state index is 12.9. The van der Waals surface area contributed by atoms with Crippen LogP contribution in [0.5, 0.6) is 0 Å². The number of sulfonamides is 1. The first kappa shape index (κ1) is 19.3. The quantitative estimate of drug-likeness (QED) is 0.817. The van der Waals surface area contributed by atoms with Gasteiger partial charge in [-0.2, -0.15) is 18.4 Å². The number of hydrogen-bond acceptors (Lipinski definition) is 5. The molecule has 2 rings (SSSR count). The Balaban J connectivity index is 2.51. The van der Waals surface area contributed by atoms with Gasteiger partial charge in [0.2, 0.25) is 0 Å². The van der Waals surface area contributed by atoms with Gasteiger partial charge < -0.3 is 4.74 Å². The van der Waals surface area contributed by atoms with Gasteiger partial charge in [0.15, 0.2) is 0 Å². The largest absolute Gasteiger partial charge is 0.465 e. The maximum absolute atomic E-state index is 12.9. The summed E-state index contributed by atoms with van der Waals surface area (Å²) in [6, 6.07) is 8.50. The van der Waals surface area contributed by atoms with E-state index in [2.05, 4.69) is 4.74 Å². The first-order valence-corrected chi connectivity index (χ1v) is 8.39. The lowest BCUT2D eigenvalue weighted by Gasteiger charge is -2.14. The lowest BCUT2D eigenvalue weighted by molar-refractivity contribution is -0.137. The Morgan fingerprint density at radius 2 is 1.77 bits per heavy atom. The van der Waals surface area contributed by atoms with Crippen LogP contribution in [0.25, 0.3) is 0 Å². The van der Waals surface area contributed by atoms with Gasteiger partial charge in [0.1, 0.15) is 0 Å². The molecule has 6 nitrogen and oxygen atoms in total. The second-order valence-electron chi connectivity index (χ2n) is 4.99. The van der Waals surface area contributed by atoms with Crippen LogP contribution in [0.4, 0.5) is 18.9 Å². The number of nitrogens with zero attached hydrogens (tertiary/aromatic N) is 1. The van der Waals surface area contributed by atoms with Crippen molar-refractivity contribution >= 4 is 21.7 Å². The van der Waals surface area contributed by atoms with E-state index < -0.39 is 33.4 Å². The van der Waals surface area contributed by atoms with E-state index in [1.165, 1.54) is 12.1 Å². The van der Waals surface area contributed by atoms with Crippen LogP contribution in [-0.2, 0) is 20.9 Å². The van der Waals surface area contributed by atoms with Crippen LogP contribution in [0.2, 0.25) is 0 Å². The van der Waals surface area contributed by atoms with Crippen LogP contribution >= 0.6 is 0 Å². The number of alkyl halides is 3. The molecule has 0 saturated carbocycles. The van der Waals surface area contributed by atoms with Crippen molar-refractivity contribution in [2.24, 2.45) is 0 Å². The number of esters is 1. The lowest BCUT2D eigenvalue weighted by atomic mass is 10.1. The molecule has 0 aliphatic rings. The molecule has 2 aromatic rings. The van der Waals surface area contributed by atoms with Crippen molar-refractivity contribution < 1.29 is 31.1 Å².